The molecule has 1 amide bonds. The molecule has 2 heterocycles. The first kappa shape index (κ1) is 16.5. The fraction of sp³-hybridized carbons (Fsp3) is 0.444. The number of para-hydroxylation sites is 1. The Morgan fingerprint density at radius 3 is 2.88 bits per heavy atom. The summed E-state index contributed by atoms with van der Waals surface area (Å²) in [7, 11) is 1.90. The van der Waals surface area contributed by atoms with E-state index in [1.165, 1.54) is 0 Å². The molecule has 0 saturated carbocycles. The molecule has 0 N–H and O–H groups in total. The Balaban J connectivity index is 1.66. The third kappa shape index (κ3) is 3.76. The normalized spacial score (nSPS) is 16.8. The number of aryl methyl sites for hydroxylation is 1. The van der Waals surface area contributed by atoms with E-state index in [4.69, 9.17) is 9.47 Å². The van der Waals surface area contributed by atoms with E-state index in [0.717, 1.165) is 11.3 Å². The highest BCUT2D eigenvalue weighted by molar-refractivity contribution is 5.78. The van der Waals surface area contributed by atoms with Crippen LogP contribution in [0.15, 0.2) is 36.5 Å². The lowest BCUT2D eigenvalue weighted by molar-refractivity contribution is -0.134. The van der Waals surface area contributed by atoms with Gasteiger partial charge in [0.25, 0.3) is 5.91 Å². The second-order valence-electron chi connectivity index (χ2n) is 5.95. The van der Waals surface area contributed by atoms with Gasteiger partial charge in [0.1, 0.15) is 5.75 Å². The number of carbonyl (C=O) groups excluding carboxylic acids is 1. The van der Waals surface area contributed by atoms with Gasteiger partial charge in [-0.05, 0) is 19.1 Å². The van der Waals surface area contributed by atoms with Crippen molar-refractivity contribution in [2.75, 3.05) is 26.4 Å². The molecule has 3 rings (SSSR count). The van der Waals surface area contributed by atoms with Crippen molar-refractivity contribution in [1.82, 2.24) is 14.7 Å². The van der Waals surface area contributed by atoms with Crippen molar-refractivity contribution in [1.29, 1.82) is 0 Å². The zero-order chi connectivity index (χ0) is 16.9. The maximum atomic E-state index is 12.5. The molecular formula is C18H23N3O3. The maximum absolute atomic E-state index is 12.5. The number of rotatable bonds is 6. The summed E-state index contributed by atoms with van der Waals surface area (Å²) in [5, 5.41) is 4.54. The first-order valence-corrected chi connectivity index (χ1v) is 8.23. The van der Waals surface area contributed by atoms with Crippen LogP contribution in [0.1, 0.15) is 24.1 Å². The monoisotopic (exact) mass is 329 g/mol. The molecule has 0 saturated heterocycles. The Bertz CT molecular complexity index is 684. The molecule has 1 aliphatic rings. The lowest BCUT2D eigenvalue weighted by Gasteiger charge is -2.31. The molecule has 128 valence electrons. The number of amides is 1. The molecular weight excluding hydrogens is 306 g/mol. The summed E-state index contributed by atoms with van der Waals surface area (Å²) in [5.41, 5.74) is 2.13. The van der Waals surface area contributed by atoms with E-state index in [1.54, 1.807) is 4.68 Å². The molecule has 0 aliphatic carbocycles. The molecule has 0 radical (unpaired) electrons. The van der Waals surface area contributed by atoms with Gasteiger partial charge in [-0.15, -0.1) is 0 Å². The van der Waals surface area contributed by atoms with Crippen LogP contribution in [-0.4, -0.2) is 47.0 Å². The fourth-order valence-electron chi connectivity index (χ4n) is 2.98. The zero-order valence-corrected chi connectivity index (χ0v) is 14.1. The van der Waals surface area contributed by atoms with E-state index >= 15 is 0 Å². The largest absolute Gasteiger partial charge is 0.484 e. The lowest BCUT2D eigenvalue weighted by Crippen LogP contribution is -2.41. The summed E-state index contributed by atoms with van der Waals surface area (Å²) in [6.07, 6.45) is 1.98. The van der Waals surface area contributed by atoms with Gasteiger partial charge >= 0.3 is 0 Å². The van der Waals surface area contributed by atoms with Gasteiger partial charge in [0.15, 0.2) is 6.61 Å². The maximum Gasteiger partial charge on any atom is 0.260 e. The topological polar surface area (TPSA) is 56.6 Å². The minimum atomic E-state index is -0.0187. The van der Waals surface area contributed by atoms with Crippen LogP contribution in [0, 0.1) is 0 Å². The molecule has 2 aromatic rings. The third-order valence-electron chi connectivity index (χ3n) is 4.11. The minimum Gasteiger partial charge on any atom is -0.484 e. The molecule has 6 nitrogen and oxygen atoms in total. The van der Waals surface area contributed by atoms with Gasteiger partial charge in [-0.2, -0.15) is 5.10 Å². The van der Waals surface area contributed by atoms with Crippen LogP contribution in [-0.2, 0) is 23.1 Å². The molecule has 0 fully saturated rings. The average Bonchev–Trinajstić information content (AvgIpc) is 2.98. The summed E-state index contributed by atoms with van der Waals surface area (Å²) < 4.78 is 13.0. The second kappa shape index (κ2) is 7.49. The van der Waals surface area contributed by atoms with E-state index in [1.807, 2.05) is 55.4 Å². The average molecular weight is 329 g/mol. The van der Waals surface area contributed by atoms with Gasteiger partial charge in [-0.3, -0.25) is 9.48 Å². The fourth-order valence-corrected chi connectivity index (χ4v) is 2.98. The molecule has 24 heavy (non-hydrogen) atoms. The quantitative estimate of drug-likeness (QED) is 0.813. The summed E-state index contributed by atoms with van der Waals surface area (Å²) in [5.74, 6) is 0.793. The highest BCUT2D eigenvalue weighted by Crippen LogP contribution is 2.27. The number of hydrogen-bond donors (Lipinski definition) is 0. The number of benzene rings is 1. The number of aromatic nitrogens is 2. The molecule has 0 unspecified atom stereocenters. The van der Waals surface area contributed by atoms with Crippen LogP contribution < -0.4 is 4.74 Å². The van der Waals surface area contributed by atoms with Gasteiger partial charge in [0.2, 0.25) is 0 Å². The third-order valence-corrected chi connectivity index (χ3v) is 4.11. The minimum absolute atomic E-state index is 0.0187. The van der Waals surface area contributed by atoms with Crippen molar-refractivity contribution in [3.63, 3.8) is 0 Å². The Morgan fingerprint density at radius 2 is 2.12 bits per heavy atom. The molecule has 0 spiro atoms. The van der Waals surface area contributed by atoms with Crippen LogP contribution in [0.25, 0.3) is 0 Å². The predicted octanol–water partition coefficient (Wildman–Crippen LogP) is 1.96. The van der Waals surface area contributed by atoms with Crippen LogP contribution >= 0.6 is 0 Å². The molecule has 1 aliphatic heterocycles. The summed E-state index contributed by atoms with van der Waals surface area (Å²) >= 11 is 0. The number of ether oxygens (including phenoxy) is 2. The van der Waals surface area contributed by atoms with Crippen LogP contribution in [0.4, 0.5) is 0 Å². The van der Waals surface area contributed by atoms with E-state index in [2.05, 4.69) is 5.10 Å². The van der Waals surface area contributed by atoms with Gasteiger partial charge in [-0.25, -0.2) is 0 Å². The highest BCUT2D eigenvalue weighted by Gasteiger charge is 2.31. The van der Waals surface area contributed by atoms with Crippen LogP contribution in [0.3, 0.4) is 0 Å². The summed E-state index contributed by atoms with van der Waals surface area (Å²) in [6, 6.07) is 9.39. The van der Waals surface area contributed by atoms with E-state index in [-0.39, 0.29) is 18.4 Å². The Kier molecular flexibility index (Phi) is 5.15. The second-order valence-corrected chi connectivity index (χ2v) is 5.95. The first-order chi connectivity index (χ1) is 11.7. The smallest absolute Gasteiger partial charge is 0.260 e. The SMILES string of the molecule is CCOC[C@H]1CN(C(=O)COc2ccccc2)Cc2cn(C)nc21. The highest BCUT2D eigenvalue weighted by atomic mass is 16.5. The number of nitrogens with zero attached hydrogens (tertiary/aromatic N) is 3. The molecule has 1 aromatic heterocycles. The number of fused-ring (bicyclic) bond motifs is 1. The Morgan fingerprint density at radius 1 is 1.33 bits per heavy atom. The van der Waals surface area contributed by atoms with Gasteiger partial charge in [0, 0.05) is 44.4 Å². The van der Waals surface area contributed by atoms with Crippen molar-refractivity contribution >= 4 is 5.91 Å². The van der Waals surface area contributed by atoms with Gasteiger partial charge < -0.3 is 14.4 Å². The van der Waals surface area contributed by atoms with Crippen LogP contribution in [0.2, 0.25) is 0 Å². The van der Waals surface area contributed by atoms with E-state index in [9.17, 15) is 4.79 Å². The standard InChI is InChI=1S/C18H23N3O3/c1-3-23-12-15-11-21(10-14-9-20(2)19-18(14)15)17(22)13-24-16-7-5-4-6-8-16/h4-9,15H,3,10-13H2,1-2H3/t15-/m1/s1. The Hall–Kier alpha value is -2.34. The van der Waals surface area contributed by atoms with Gasteiger partial charge in [-0.1, -0.05) is 18.2 Å². The Labute approximate surface area is 142 Å². The molecule has 1 aromatic carbocycles. The molecule has 1 atom stereocenters. The van der Waals surface area contributed by atoms with Crippen molar-refractivity contribution < 1.29 is 14.3 Å². The van der Waals surface area contributed by atoms with Crippen molar-refractivity contribution in [2.45, 2.75) is 19.4 Å². The zero-order valence-electron chi connectivity index (χ0n) is 14.1. The van der Waals surface area contributed by atoms with Crippen LogP contribution in [0.5, 0.6) is 5.75 Å². The summed E-state index contributed by atoms with van der Waals surface area (Å²) in [4.78, 5) is 14.4. The lowest BCUT2D eigenvalue weighted by atomic mass is 9.97. The molecule has 0 bridgehead atoms. The molecule has 6 heteroatoms. The van der Waals surface area contributed by atoms with Crippen molar-refractivity contribution in [2.24, 2.45) is 7.05 Å². The van der Waals surface area contributed by atoms with Crippen molar-refractivity contribution in [3.8, 4) is 5.75 Å². The van der Waals surface area contributed by atoms with E-state index in [0.29, 0.717) is 32.1 Å². The van der Waals surface area contributed by atoms with Crippen molar-refractivity contribution in [3.05, 3.63) is 47.8 Å². The predicted molar refractivity (Wildman–Crippen MR) is 89.8 cm³/mol. The van der Waals surface area contributed by atoms with E-state index < -0.39 is 0 Å². The number of hydrogen-bond acceptors (Lipinski definition) is 4. The van der Waals surface area contributed by atoms with Gasteiger partial charge in [0.05, 0.1) is 12.3 Å². The summed E-state index contributed by atoms with van der Waals surface area (Å²) in [6.45, 7) is 4.43. The number of carbonyl (C=O) groups is 1. The first-order valence-electron chi connectivity index (χ1n) is 8.23.